The van der Waals surface area contributed by atoms with Crippen LogP contribution < -0.4 is 0 Å². The van der Waals surface area contributed by atoms with Gasteiger partial charge in [0.05, 0.1) is 12.2 Å². The van der Waals surface area contributed by atoms with Gasteiger partial charge in [-0.25, -0.2) is 0 Å². The number of aliphatic hydroxyl groups is 1. The summed E-state index contributed by atoms with van der Waals surface area (Å²) in [7, 11) is -0.785. The molecule has 0 aromatic heterocycles. The van der Waals surface area contributed by atoms with Gasteiger partial charge in [0.1, 0.15) is 0 Å². The molecule has 1 fully saturated rings. The minimum atomic E-state index is -0.785. The number of aliphatic hydroxyl groups excluding tert-OH is 1. The molecule has 1 radical (unpaired) electrons. The standard InChI is InChI=1S/C19H32NO2Si/c1-19(2,3)18(22-23(4)5)17-13-16(21)11-12-20(17)14-15-9-7-6-8-10-15/h6-10,16-18,21H,11-14H2,1-5H3. The number of nitrogens with zero attached hydrogens (tertiary/aromatic N) is 1. The van der Waals surface area contributed by atoms with E-state index in [0.717, 1.165) is 25.9 Å². The van der Waals surface area contributed by atoms with Gasteiger partial charge in [0, 0.05) is 19.1 Å². The molecule has 1 aliphatic rings. The molecule has 3 unspecified atom stereocenters. The molecule has 1 aromatic rings. The highest BCUT2D eigenvalue weighted by Gasteiger charge is 2.40. The summed E-state index contributed by atoms with van der Waals surface area (Å²) >= 11 is 0. The third-order valence-electron chi connectivity index (χ3n) is 4.53. The molecule has 1 N–H and O–H groups in total. The van der Waals surface area contributed by atoms with Crippen LogP contribution in [-0.2, 0) is 11.0 Å². The van der Waals surface area contributed by atoms with Crippen LogP contribution in [0.25, 0.3) is 0 Å². The highest BCUT2D eigenvalue weighted by molar-refractivity contribution is 6.48. The number of benzene rings is 1. The van der Waals surface area contributed by atoms with Crippen molar-refractivity contribution in [2.75, 3.05) is 6.54 Å². The van der Waals surface area contributed by atoms with Gasteiger partial charge in [-0.2, -0.15) is 0 Å². The van der Waals surface area contributed by atoms with E-state index in [9.17, 15) is 5.11 Å². The molecule has 23 heavy (non-hydrogen) atoms. The normalized spacial score (nSPS) is 24.8. The lowest BCUT2D eigenvalue weighted by atomic mass is 9.80. The summed E-state index contributed by atoms with van der Waals surface area (Å²) in [5.41, 5.74) is 1.40. The van der Waals surface area contributed by atoms with Gasteiger partial charge in [0.25, 0.3) is 0 Å². The molecule has 4 heteroatoms. The van der Waals surface area contributed by atoms with Crippen LogP contribution in [0.5, 0.6) is 0 Å². The van der Waals surface area contributed by atoms with Crippen molar-refractivity contribution in [3.63, 3.8) is 0 Å². The predicted octanol–water partition coefficient (Wildman–Crippen LogP) is 3.69. The van der Waals surface area contributed by atoms with Gasteiger partial charge in [0.15, 0.2) is 0 Å². The molecule has 1 aliphatic heterocycles. The van der Waals surface area contributed by atoms with Crippen LogP contribution in [0.3, 0.4) is 0 Å². The molecule has 0 spiro atoms. The number of hydrogen-bond donors (Lipinski definition) is 1. The average Bonchev–Trinajstić information content (AvgIpc) is 2.46. The van der Waals surface area contributed by atoms with Crippen LogP contribution in [0.15, 0.2) is 30.3 Å². The molecule has 0 aliphatic carbocycles. The van der Waals surface area contributed by atoms with Crippen LogP contribution in [0.2, 0.25) is 13.1 Å². The minimum Gasteiger partial charge on any atom is -0.412 e. The Bertz CT molecular complexity index is 472. The minimum absolute atomic E-state index is 0.0681. The SMILES string of the molecule is C[Si](C)OC(C1CC(O)CCN1Cc1ccccc1)C(C)(C)C. The average molecular weight is 335 g/mol. The second-order valence-electron chi connectivity index (χ2n) is 8.01. The summed E-state index contributed by atoms with van der Waals surface area (Å²) in [5, 5.41) is 10.2. The number of hydrogen-bond acceptors (Lipinski definition) is 3. The monoisotopic (exact) mass is 334 g/mol. The van der Waals surface area contributed by atoms with Crippen molar-refractivity contribution in [3.8, 4) is 0 Å². The third kappa shape index (κ3) is 5.42. The number of likely N-dealkylation sites (tertiary alicyclic amines) is 1. The van der Waals surface area contributed by atoms with Gasteiger partial charge in [-0.1, -0.05) is 51.1 Å². The van der Waals surface area contributed by atoms with Gasteiger partial charge in [0.2, 0.25) is 9.04 Å². The summed E-state index contributed by atoms with van der Waals surface area (Å²) in [6.45, 7) is 13.0. The Kier molecular flexibility index (Phi) is 6.43. The Morgan fingerprint density at radius 2 is 1.91 bits per heavy atom. The topological polar surface area (TPSA) is 32.7 Å². The quantitative estimate of drug-likeness (QED) is 0.834. The molecule has 129 valence electrons. The molecular weight excluding hydrogens is 302 g/mol. The van der Waals surface area contributed by atoms with Crippen molar-refractivity contribution in [2.24, 2.45) is 5.41 Å². The predicted molar refractivity (Wildman–Crippen MR) is 97.7 cm³/mol. The maximum atomic E-state index is 10.2. The van der Waals surface area contributed by atoms with E-state index in [1.54, 1.807) is 0 Å². The second kappa shape index (κ2) is 7.93. The summed E-state index contributed by atoms with van der Waals surface area (Å²) in [4.78, 5) is 2.52. The van der Waals surface area contributed by atoms with Crippen LogP contribution >= 0.6 is 0 Å². The Labute approximate surface area is 143 Å². The maximum Gasteiger partial charge on any atom is 0.205 e. The molecule has 0 amide bonds. The first-order chi connectivity index (χ1) is 10.8. The molecule has 0 bridgehead atoms. The first kappa shape index (κ1) is 18.7. The maximum absolute atomic E-state index is 10.2. The van der Waals surface area contributed by atoms with E-state index in [-0.39, 0.29) is 23.7 Å². The fourth-order valence-corrected chi connectivity index (χ4v) is 4.46. The smallest absolute Gasteiger partial charge is 0.205 e. The van der Waals surface area contributed by atoms with Crippen molar-refractivity contribution in [3.05, 3.63) is 35.9 Å². The Morgan fingerprint density at radius 1 is 1.26 bits per heavy atom. The van der Waals surface area contributed by atoms with Crippen molar-refractivity contribution in [1.82, 2.24) is 4.90 Å². The fourth-order valence-electron chi connectivity index (χ4n) is 3.44. The van der Waals surface area contributed by atoms with Crippen LogP contribution in [0.4, 0.5) is 0 Å². The largest absolute Gasteiger partial charge is 0.412 e. The summed E-state index contributed by atoms with van der Waals surface area (Å²) in [6, 6.07) is 10.9. The Hall–Kier alpha value is -0.683. The van der Waals surface area contributed by atoms with Crippen molar-refractivity contribution in [1.29, 1.82) is 0 Å². The fraction of sp³-hybridized carbons (Fsp3) is 0.684. The molecule has 3 nitrogen and oxygen atoms in total. The summed E-state index contributed by atoms with van der Waals surface area (Å²) in [5.74, 6) is 0. The number of rotatable bonds is 5. The van der Waals surface area contributed by atoms with E-state index < -0.39 is 9.04 Å². The lowest BCUT2D eigenvalue weighted by molar-refractivity contribution is -0.0533. The highest BCUT2D eigenvalue weighted by atomic mass is 28.3. The Balaban J connectivity index is 2.21. The molecule has 3 atom stereocenters. The molecule has 1 saturated heterocycles. The van der Waals surface area contributed by atoms with Gasteiger partial charge < -0.3 is 9.53 Å². The molecule has 0 saturated carbocycles. The molecular formula is C19H32NO2Si. The summed E-state index contributed by atoms with van der Waals surface area (Å²) in [6.07, 6.45) is 1.62. The van der Waals surface area contributed by atoms with Crippen molar-refractivity contribution < 1.29 is 9.53 Å². The van der Waals surface area contributed by atoms with Crippen molar-refractivity contribution in [2.45, 2.75) is 71.5 Å². The molecule has 2 rings (SSSR count). The van der Waals surface area contributed by atoms with E-state index in [1.165, 1.54) is 5.56 Å². The van der Waals surface area contributed by atoms with Crippen LogP contribution in [0, 0.1) is 5.41 Å². The zero-order valence-corrected chi connectivity index (χ0v) is 16.2. The lowest BCUT2D eigenvalue weighted by Crippen LogP contribution is -2.55. The van der Waals surface area contributed by atoms with Gasteiger partial charge in [-0.15, -0.1) is 0 Å². The Morgan fingerprint density at radius 3 is 2.48 bits per heavy atom. The van der Waals surface area contributed by atoms with Gasteiger partial charge in [-0.3, -0.25) is 4.90 Å². The van der Waals surface area contributed by atoms with Crippen molar-refractivity contribution >= 4 is 9.04 Å². The molecule has 1 aromatic carbocycles. The number of piperidine rings is 1. The summed E-state index contributed by atoms with van der Waals surface area (Å²) < 4.78 is 6.42. The zero-order valence-electron chi connectivity index (χ0n) is 15.2. The first-order valence-electron chi connectivity index (χ1n) is 8.70. The molecule has 1 heterocycles. The van der Waals surface area contributed by atoms with E-state index in [0.29, 0.717) is 0 Å². The van der Waals surface area contributed by atoms with Crippen LogP contribution in [0.1, 0.15) is 39.2 Å². The van der Waals surface area contributed by atoms with E-state index in [1.807, 2.05) is 0 Å². The van der Waals surface area contributed by atoms with Gasteiger partial charge >= 0.3 is 0 Å². The highest BCUT2D eigenvalue weighted by Crippen LogP contribution is 2.33. The third-order valence-corrected chi connectivity index (χ3v) is 5.25. The lowest BCUT2D eigenvalue weighted by Gasteiger charge is -2.47. The van der Waals surface area contributed by atoms with E-state index >= 15 is 0 Å². The van der Waals surface area contributed by atoms with Crippen LogP contribution in [-0.4, -0.2) is 43.8 Å². The van der Waals surface area contributed by atoms with E-state index in [4.69, 9.17) is 4.43 Å². The van der Waals surface area contributed by atoms with Gasteiger partial charge in [-0.05, 0) is 36.9 Å². The first-order valence-corrected chi connectivity index (χ1v) is 11.1. The second-order valence-corrected chi connectivity index (χ2v) is 10.1. The zero-order chi connectivity index (χ0) is 17.0. The van der Waals surface area contributed by atoms with E-state index in [2.05, 4.69) is 69.1 Å².